The fourth-order valence-corrected chi connectivity index (χ4v) is 1.33. The highest BCUT2D eigenvalue weighted by Gasteiger charge is 2.32. The van der Waals surface area contributed by atoms with E-state index in [1.807, 2.05) is 0 Å². The van der Waals surface area contributed by atoms with E-state index in [2.05, 4.69) is 4.72 Å². The van der Waals surface area contributed by atoms with Crippen LogP contribution in [0.1, 0.15) is 19.8 Å². The van der Waals surface area contributed by atoms with Crippen molar-refractivity contribution in [2.24, 2.45) is 5.92 Å². The Hall–Kier alpha value is -0.260. The first-order chi connectivity index (χ1) is 5.11. The lowest BCUT2D eigenvalue weighted by Crippen LogP contribution is -2.35. The molecule has 0 bridgehead atoms. The molecule has 0 aromatic carbocycles. The highest BCUT2D eigenvalue weighted by Crippen LogP contribution is 2.30. The van der Waals surface area contributed by atoms with Gasteiger partial charge in [-0.1, -0.05) is 0 Å². The second kappa shape index (κ2) is 3.42. The van der Waals surface area contributed by atoms with E-state index in [9.17, 15) is 13.6 Å². The van der Waals surface area contributed by atoms with Crippen LogP contribution in [0.15, 0.2) is 0 Å². The van der Waals surface area contributed by atoms with Crippen molar-refractivity contribution in [3.8, 4) is 0 Å². The number of ketones is 1. The van der Waals surface area contributed by atoms with Crippen LogP contribution >= 0.6 is 0 Å². The van der Waals surface area contributed by atoms with Crippen LogP contribution in [0.5, 0.6) is 0 Å². The maximum absolute atomic E-state index is 11.1. The Bertz CT molecular complexity index is 190. The van der Waals surface area contributed by atoms with Gasteiger partial charge in [0.1, 0.15) is 0 Å². The van der Waals surface area contributed by atoms with Gasteiger partial charge in [-0.3, -0.25) is 9.00 Å². The minimum absolute atomic E-state index is 0.00852. The molecule has 0 spiro atoms. The topological polar surface area (TPSA) is 69.2 Å². The monoisotopic (exact) mass is 176 g/mol. The van der Waals surface area contributed by atoms with E-state index in [1.54, 1.807) is 6.92 Å². The zero-order valence-corrected chi connectivity index (χ0v) is 7.02. The van der Waals surface area contributed by atoms with Gasteiger partial charge in [0, 0.05) is 17.2 Å². The lowest BCUT2D eigenvalue weighted by atomic mass is 10.1. The molecule has 5 heteroatoms. The third kappa shape index (κ3) is 2.69. The van der Waals surface area contributed by atoms with E-state index in [4.69, 9.17) is 0 Å². The number of hydrogen-bond acceptors (Lipinski definition) is 3. The van der Waals surface area contributed by atoms with E-state index >= 15 is 0 Å². The highest BCUT2D eigenvalue weighted by atomic mass is 32.2. The molecule has 1 aliphatic rings. The van der Waals surface area contributed by atoms with Crippen molar-refractivity contribution in [3.63, 3.8) is 0 Å². The van der Waals surface area contributed by atoms with Crippen LogP contribution in [-0.2, 0) is 16.1 Å². The molecular weight excluding hydrogens is 166 g/mol. The van der Waals surface area contributed by atoms with Crippen molar-refractivity contribution in [3.05, 3.63) is 0 Å². The number of rotatable bonds is 4. The number of carbonyl (C=O) groups is 1. The minimum atomic E-state index is -2.33. The average molecular weight is 176 g/mol. The molecular formula is C6H10NO3S-. The summed E-state index contributed by atoms with van der Waals surface area (Å²) in [7, 11) is 0. The van der Waals surface area contributed by atoms with Crippen molar-refractivity contribution < 1.29 is 13.6 Å². The van der Waals surface area contributed by atoms with Gasteiger partial charge < -0.3 is 4.55 Å². The summed E-state index contributed by atoms with van der Waals surface area (Å²) in [5.41, 5.74) is 0. The quantitative estimate of drug-likeness (QED) is 0.600. The van der Waals surface area contributed by atoms with Crippen LogP contribution < -0.4 is 4.72 Å². The molecule has 1 fully saturated rings. The number of nitrogens with one attached hydrogen (secondary N) is 1. The van der Waals surface area contributed by atoms with E-state index < -0.39 is 17.3 Å². The van der Waals surface area contributed by atoms with Crippen LogP contribution in [0, 0.1) is 5.92 Å². The second-order valence-corrected chi connectivity index (χ2v) is 3.46. The molecule has 0 aromatic heterocycles. The zero-order valence-electron chi connectivity index (χ0n) is 6.20. The molecule has 0 saturated heterocycles. The maximum atomic E-state index is 11.1. The lowest BCUT2D eigenvalue weighted by Gasteiger charge is -2.13. The molecule has 0 radical (unpaired) electrons. The zero-order chi connectivity index (χ0) is 8.43. The van der Waals surface area contributed by atoms with Crippen molar-refractivity contribution in [2.75, 3.05) is 0 Å². The predicted octanol–water partition coefficient (Wildman–Crippen LogP) is -0.262. The van der Waals surface area contributed by atoms with Crippen LogP contribution in [-0.4, -0.2) is 20.6 Å². The Morgan fingerprint density at radius 1 is 1.73 bits per heavy atom. The Morgan fingerprint density at radius 2 is 2.27 bits per heavy atom. The first-order valence-electron chi connectivity index (χ1n) is 3.50. The molecule has 1 N–H and O–H groups in total. The van der Waals surface area contributed by atoms with Gasteiger partial charge in [0.15, 0.2) is 5.78 Å². The Kier molecular flexibility index (Phi) is 2.75. The van der Waals surface area contributed by atoms with Gasteiger partial charge in [0.05, 0.1) is 6.04 Å². The van der Waals surface area contributed by atoms with Gasteiger partial charge in [-0.2, -0.15) is 0 Å². The summed E-state index contributed by atoms with van der Waals surface area (Å²) in [4.78, 5) is 11.1. The van der Waals surface area contributed by atoms with Gasteiger partial charge >= 0.3 is 0 Å². The summed E-state index contributed by atoms with van der Waals surface area (Å²) in [6.45, 7) is 1.57. The first-order valence-corrected chi connectivity index (χ1v) is 4.58. The van der Waals surface area contributed by atoms with Crippen molar-refractivity contribution in [2.45, 2.75) is 25.8 Å². The molecule has 0 aliphatic heterocycles. The third-order valence-corrected chi connectivity index (χ3v) is 2.23. The molecule has 0 heterocycles. The van der Waals surface area contributed by atoms with Gasteiger partial charge in [0.25, 0.3) is 0 Å². The molecule has 1 rings (SSSR count). The molecule has 1 aliphatic carbocycles. The van der Waals surface area contributed by atoms with Crippen LogP contribution in [0.2, 0.25) is 0 Å². The molecule has 11 heavy (non-hydrogen) atoms. The Morgan fingerprint density at radius 3 is 2.64 bits per heavy atom. The summed E-state index contributed by atoms with van der Waals surface area (Å²) in [6, 6.07) is -0.555. The number of hydrogen-bond donors (Lipinski definition) is 1. The van der Waals surface area contributed by atoms with Crippen LogP contribution in [0.25, 0.3) is 0 Å². The third-order valence-electron chi connectivity index (χ3n) is 1.68. The summed E-state index contributed by atoms with van der Waals surface area (Å²) in [5, 5.41) is 0. The second-order valence-electron chi connectivity index (χ2n) is 2.75. The van der Waals surface area contributed by atoms with E-state index in [0.29, 0.717) is 0 Å². The molecule has 2 atom stereocenters. The van der Waals surface area contributed by atoms with E-state index in [1.165, 1.54) is 0 Å². The van der Waals surface area contributed by atoms with E-state index in [0.717, 1.165) is 12.8 Å². The summed E-state index contributed by atoms with van der Waals surface area (Å²) in [5.74, 6) is 0.121. The average Bonchev–Trinajstić information content (AvgIpc) is 2.65. The van der Waals surface area contributed by atoms with Crippen molar-refractivity contribution in [1.29, 1.82) is 0 Å². The van der Waals surface area contributed by atoms with Gasteiger partial charge in [-0.25, -0.2) is 4.72 Å². The fraction of sp³-hybridized carbons (Fsp3) is 0.833. The SMILES string of the molecule is C[C@H](NS(=O)[O-])C(=O)C1CC1. The normalized spacial score (nSPS) is 22.7. The standard InChI is InChI=1S/C6H11NO3S/c1-4(7-11(9)10)6(8)5-2-3-5/h4-5,7H,2-3H2,1H3,(H,9,10)/p-1/t4-/m0/s1. The Labute approximate surface area is 67.8 Å². The van der Waals surface area contributed by atoms with Gasteiger partial charge in [-0.05, 0) is 19.8 Å². The summed E-state index contributed by atoms with van der Waals surface area (Å²) >= 11 is -2.33. The number of Topliss-reactive ketones (excluding diaryl/α,β-unsaturated/α-hetero) is 1. The number of carbonyl (C=O) groups excluding carboxylic acids is 1. The fourth-order valence-electron chi connectivity index (χ4n) is 0.924. The molecule has 0 aromatic rings. The lowest BCUT2D eigenvalue weighted by molar-refractivity contribution is -0.121. The largest absolute Gasteiger partial charge is 0.760 e. The van der Waals surface area contributed by atoms with Crippen LogP contribution in [0.3, 0.4) is 0 Å². The minimum Gasteiger partial charge on any atom is -0.760 e. The van der Waals surface area contributed by atoms with Crippen molar-refractivity contribution >= 4 is 17.0 Å². The summed E-state index contributed by atoms with van der Waals surface area (Å²) in [6.07, 6.45) is 1.83. The predicted molar refractivity (Wildman–Crippen MR) is 39.2 cm³/mol. The molecule has 1 saturated carbocycles. The molecule has 4 nitrogen and oxygen atoms in total. The maximum Gasteiger partial charge on any atom is 0.153 e. The highest BCUT2D eigenvalue weighted by molar-refractivity contribution is 7.77. The first kappa shape index (κ1) is 8.83. The van der Waals surface area contributed by atoms with Gasteiger partial charge in [-0.15, -0.1) is 0 Å². The molecule has 64 valence electrons. The molecule has 1 unspecified atom stereocenters. The smallest absolute Gasteiger partial charge is 0.153 e. The van der Waals surface area contributed by atoms with E-state index in [-0.39, 0.29) is 11.7 Å². The Balaban J connectivity index is 2.33. The van der Waals surface area contributed by atoms with Crippen molar-refractivity contribution in [1.82, 2.24) is 4.72 Å². The molecule has 0 amide bonds. The van der Waals surface area contributed by atoms with Crippen LogP contribution in [0.4, 0.5) is 0 Å². The summed E-state index contributed by atoms with van der Waals surface area (Å²) < 4.78 is 22.3. The van der Waals surface area contributed by atoms with Gasteiger partial charge in [0.2, 0.25) is 0 Å².